The van der Waals surface area contributed by atoms with E-state index in [0.29, 0.717) is 27.9 Å². The van der Waals surface area contributed by atoms with Crippen molar-refractivity contribution in [1.82, 2.24) is 10.2 Å². The number of hydrogen-bond acceptors (Lipinski definition) is 8. The highest BCUT2D eigenvalue weighted by molar-refractivity contribution is 8.18. The molecule has 2 aromatic carbocycles. The molecule has 0 bridgehead atoms. The Bertz CT molecular complexity index is 1130. The van der Waals surface area contributed by atoms with Crippen LogP contribution in [0.2, 0.25) is 0 Å². The van der Waals surface area contributed by atoms with E-state index in [1.165, 1.54) is 7.11 Å². The zero-order valence-corrected chi connectivity index (χ0v) is 18.9. The molecule has 1 saturated heterocycles. The van der Waals surface area contributed by atoms with Crippen molar-refractivity contribution in [2.24, 2.45) is 0 Å². The van der Waals surface area contributed by atoms with Gasteiger partial charge in [-0.15, -0.1) is 0 Å². The van der Waals surface area contributed by atoms with Crippen molar-refractivity contribution >= 4 is 34.9 Å². The van der Waals surface area contributed by atoms with Crippen molar-refractivity contribution in [3.8, 4) is 23.0 Å². The smallest absolute Gasteiger partial charge is 0.293 e. The average Bonchev–Trinajstić information content (AvgIpc) is 3.37. The van der Waals surface area contributed by atoms with Crippen molar-refractivity contribution in [3.05, 3.63) is 52.4 Å². The number of nitrogens with zero attached hydrogens (tertiary/aromatic N) is 1. The second kappa shape index (κ2) is 9.86. The SMILES string of the molecule is COc1cc(C)ccc1OCC(=O)NCCN1C(=O)S/C(=C\c2ccc3c(c2)OCO3)C1=O. The fourth-order valence-electron chi connectivity index (χ4n) is 3.24. The quantitative estimate of drug-likeness (QED) is 0.588. The van der Waals surface area contributed by atoms with E-state index >= 15 is 0 Å². The van der Waals surface area contributed by atoms with E-state index in [-0.39, 0.29) is 37.6 Å². The number of fused-ring (bicyclic) bond motifs is 1. The van der Waals surface area contributed by atoms with Crippen LogP contribution < -0.4 is 24.3 Å². The van der Waals surface area contributed by atoms with Gasteiger partial charge in [0, 0.05) is 13.1 Å². The van der Waals surface area contributed by atoms with E-state index in [1.54, 1.807) is 30.3 Å². The first-order chi connectivity index (χ1) is 15.9. The number of aryl methyl sites for hydroxylation is 1. The summed E-state index contributed by atoms with van der Waals surface area (Å²) in [5.41, 5.74) is 1.73. The fraction of sp³-hybridized carbons (Fsp3) is 0.261. The molecule has 0 aliphatic carbocycles. The molecule has 0 aromatic heterocycles. The van der Waals surface area contributed by atoms with Gasteiger partial charge in [-0.2, -0.15) is 0 Å². The molecule has 0 spiro atoms. The lowest BCUT2D eigenvalue weighted by molar-refractivity contribution is -0.125. The van der Waals surface area contributed by atoms with Gasteiger partial charge in [0.05, 0.1) is 12.0 Å². The number of benzene rings is 2. The van der Waals surface area contributed by atoms with Gasteiger partial charge < -0.3 is 24.3 Å². The summed E-state index contributed by atoms with van der Waals surface area (Å²) in [5.74, 6) is 1.45. The zero-order valence-electron chi connectivity index (χ0n) is 18.1. The molecule has 0 radical (unpaired) electrons. The number of nitrogens with one attached hydrogen (secondary N) is 1. The molecule has 10 heteroatoms. The van der Waals surface area contributed by atoms with Crippen molar-refractivity contribution in [3.63, 3.8) is 0 Å². The van der Waals surface area contributed by atoms with Gasteiger partial charge in [-0.1, -0.05) is 12.1 Å². The zero-order chi connectivity index (χ0) is 23.4. The van der Waals surface area contributed by atoms with E-state index in [1.807, 2.05) is 19.1 Å². The van der Waals surface area contributed by atoms with Crippen LogP contribution in [0.3, 0.4) is 0 Å². The third-order valence-electron chi connectivity index (χ3n) is 4.90. The molecular formula is C23H22N2O7S. The molecular weight excluding hydrogens is 448 g/mol. The first-order valence-corrected chi connectivity index (χ1v) is 11.0. The van der Waals surface area contributed by atoms with Gasteiger partial charge >= 0.3 is 0 Å². The standard InChI is InChI=1S/C23H22N2O7S/c1-14-3-5-16(18(9-14)29-2)30-12-21(26)24-7-8-25-22(27)20(33-23(25)28)11-15-4-6-17-19(10-15)32-13-31-17/h3-6,9-11H,7-8,12-13H2,1-2H3,(H,24,26)/b20-11-. The van der Waals surface area contributed by atoms with Crippen molar-refractivity contribution < 1.29 is 33.3 Å². The van der Waals surface area contributed by atoms with Crippen molar-refractivity contribution in [2.75, 3.05) is 33.6 Å². The summed E-state index contributed by atoms with van der Waals surface area (Å²) in [5, 5.41) is 2.27. The maximum atomic E-state index is 12.6. The number of hydrogen-bond donors (Lipinski definition) is 1. The average molecular weight is 471 g/mol. The van der Waals surface area contributed by atoms with Gasteiger partial charge in [0.25, 0.3) is 17.1 Å². The van der Waals surface area contributed by atoms with Crippen LogP contribution in [0.1, 0.15) is 11.1 Å². The molecule has 172 valence electrons. The third kappa shape index (κ3) is 5.23. The van der Waals surface area contributed by atoms with E-state index in [4.69, 9.17) is 18.9 Å². The highest BCUT2D eigenvalue weighted by Gasteiger charge is 2.34. The van der Waals surface area contributed by atoms with Crippen LogP contribution in [0.5, 0.6) is 23.0 Å². The topological polar surface area (TPSA) is 103 Å². The van der Waals surface area contributed by atoms with E-state index < -0.39 is 5.91 Å². The Kier molecular flexibility index (Phi) is 6.74. The molecule has 33 heavy (non-hydrogen) atoms. The van der Waals surface area contributed by atoms with Crippen molar-refractivity contribution in [1.29, 1.82) is 0 Å². The van der Waals surface area contributed by atoms with Gasteiger partial charge in [-0.05, 0) is 60.2 Å². The molecule has 2 aliphatic heterocycles. The summed E-state index contributed by atoms with van der Waals surface area (Å²) < 4.78 is 21.4. The van der Waals surface area contributed by atoms with Crippen LogP contribution in [0, 0.1) is 6.92 Å². The lowest BCUT2D eigenvalue weighted by Crippen LogP contribution is -2.38. The first kappa shape index (κ1) is 22.5. The van der Waals surface area contributed by atoms with Gasteiger partial charge in [-0.25, -0.2) is 0 Å². The van der Waals surface area contributed by atoms with E-state index in [2.05, 4.69) is 5.32 Å². The van der Waals surface area contributed by atoms with Crippen LogP contribution in [0.25, 0.3) is 6.08 Å². The van der Waals surface area contributed by atoms with Crippen LogP contribution in [0.15, 0.2) is 41.3 Å². The van der Waals surface area contributed by atoms with Crippen LogP contribution in [-0.4, -0.2) is 55.6 Å². The summed E-state index contributed by atoms with van der Waals surface area (Å²) >= 11 is 0.857. The summed E-state index contributed by atoms with van der Waals surface area (Å²) in [6.07, 6.45) is 1.63. The monoisotopic (exact) mass is 470 g/mol. The van der Waals surface area contributed by atoms with Gasteiger partial charge in [0.15, 0.2) is 29.6 Å². The van der Waals surface area contributed by atoms with Crippen LogP contribution >= 0.6 is 11.8 Å². The second-order valence-corrected chi connectivity index (χ2v) is 8.23. The second-order valence-electron chi connectivity index (χ2n) is 7.24. The van der Waals surface area contributed by atoms with E-state index in [9.17, 15) is 14.4 Å². The minimum absolute atomic E-state index is 0.0583. The molecule has 3 amide bonds. The number of carbonyl (C=O) groups is 3. The Morgan fingerprint density at radius 2 is 1.97 bits per heavy atom. The summed E-state index contributed by atoms with van der Waals surface area (Å²) in [7, 11) is 1.53. The molecule has 0 saturated carbocycles. The van der Waals surface area contributed by atoms with Crippen LogP contribution in [-0.2, 0) is 9.59 Å². The number of ether oxygens (including phenoxy) is 4. The van der Waals surface area contributed by atoms with Crippen LogP contribution in [0.4, 0.5) is 4.79 Å². The van der Waals surface area contributed by atoms with E-state index in [0.717, 1.165) is 27.8 Å². The highest BCUT2D eigenvalue weighted by Crippen LogP contribution is 2.36. The Morgan fingerprint density at radius 3 is 2.79 bits per heavy atom. The molecule has 0 unspecified atom stereocenters. The summed E-state index contributed by atoms with van der Waals surface area (Å²) in [6.45, 7) is 2.04. The Labute approximate surface area is 194 Å². The number of carbonyl (C=O) groups excluding carboxylic acids is 3. The third-order valence-corrected chi connectivity index (χ3v) is 5.81. The molecule has 1 fully saturated rings. The highest BCUT2D eigenvalue weighted by atomic mass is 32.2. The lowest BCUT2D eigenvalue weighted by Gasteiger charge is -2.14. The number of imide groups is 1. The van der Waals surface area contributed by atoms with Gasteiger partial charge in [0.1, 0.15) is 0 Å². The molecule has 1 N–H and O–H groups in total. The largest absolute Gasteiger partial charge is 0.493 e. The molecule has 2 aromatic rings. The molecule has 4 rings (SSSR count). The molecule has 9 nitrogen and oxygen atoms in total. The minimum atomic E-state index is -0.405. The molecule has 2 aliphatic rings. The number of thioether (sulfide) groups is 1. The first-order valence-electron chi connectivity index (χ1n) is 10.1. The van der Waals surface area contributed by atoms with Gasteiger partial charge in [0.2, 0.25) is 6.79 Å². The normalized spacial score (nSPS) is 15.8. The predicted molar refractivity (Wildman–Crippen MR) is 121 cm³/mol. The fourth-order valence-corrected chi connectivity index (χ4v) is 4.11. The lowest BCUT2D eigenvalue weighted by atomic mass is 10.2. The predicted octanol–water partition coefficient (Wildman–Crippen LogP) is 2.96. The number of amides is 3. The summed E-state index contributed by atoms with van der Waals surface area (Å²) in [6, 6.07) is 10.7. The molecule has 2 heterocycles. The Hall–Kier alpha value is -3.66. The Balaban J connectivity index is 1.28. The number of rotatable bonds is 8. The Morgan fingerprint density at radius 1 is 1.15 bits per heavy atom. The molecule has 0 atom stereocenters. The maximum Gasteiger partial charge on any atom is 0.293 e. The number of methoxy groups -OCH3 is 1. The minimum Gasteiger partial charge on any atom is -0.493 e. The summed E-state index contributed by atoms with van der Waals surface area (Å²) in [4.78, 5) is 38.5. The van der Waals surface area contributed by atoms with Crippen molar-refractivity contribution in [2.45, 2.75) is 6.92 Å². The maximum absolute atomic E-state index is 12.6. The van der Waals surface area contributed by atoms with Gasteiger partial charge in [-0.3, -0.25) is 19.3 Å².